The quantitative estimate of drug-likeness (QED) is 0.697. The Balaban J connectivity index is 2.01. The summed E-state index contributed by atoms with van der Waals surface area (Å²) >= 11 is 0. The fraction of sp³-hybridized carbons (Fsp3) is 0.200. The summed E-state index contributed by atoms with van der Waals surface area (Å²) in [4.78, 5) is 12.5. The van der Waals surface area contributed by atoms with Gasteiger partial charge in [0.25, 0.3) is 12.3 Å². The van der Waals surface area contributed by atoms with Crippen molar-refractivity contribution >= 4 is 11.6 Å². The largest absolute Gasteiger partial charge is 0.321 e. The number of carbonyl (C=O) groups excluding carboxylic acids is 1. The predicted molar refractivity (Wildman–Crippen MR) is 97.4 cm³/mol. The van der Waals surface area contributed by atoms with Crippen molar-refractivity contribution in [2.24, 2.45) is 7.05 Å². The van der Waals surface area contributed by atoms with Crippen LogP contribution in [-0.4, -0.2) is 15.7 Å². The number of alkyl halides is 2. The minimum atomic E-state index is -2.89. The first-order valence-corrected chi connectivity index (χ1v) is 8.26. The number of hydrogen-bond acceptors (Lipinski definition) is 2. The molecule has 0 atom stereocenters. The van der Waals surface area contributed by atoms with Crippen LogP contribution >= 0.6 is 0 Å². The molecule has 2 aromatic carbocycles. The number of aromatic nitrogens is 2. The topological polar surface area (TPSA) is 46.9 Å². The molecule has 0 spiro atoms. The Bertz CT molecular complexity index is 1010. The Kier molecular flexibility index (Phi) is 5.03. The monoisotopic (exact) mass is 373 g/mol. The Morgan fingerprint density at radius 2 is 1.85 bits per heavy atom. The zero-order valence-corrected chi connectivity index (χ0v) is 15.1. The molecule has 0 aliphatic carbocycles. The molecule has 0 fully saturated rings. The molecular formula is C20H18F3N3O. The summed E-state index contributed by atoms with van der Waals surface area (Å²) < 4.78 is 41.2. The molecule has 1 amide bonds. The van der Waals surface area contributed by atoms with Gasteiger partial charge in [-0.2, -0.15) is 5.10 Å². The normalized spacial score (nSPS) is 11.1. The van der Waals surface area contributed by atoms with Gasteiger partial charge in [0.05, 0.1) is 11.3 Å². The second-order valence-electron chi connectivity index (χ2n) is 6.35. The lowest BCUT2D eigenvalue weighted by Gasteiger charge is -2.13. The molecular weight excluding hydrogens is 355 g/mol. The van der Waals surface area contributed by atoms with Gasteiger partial charge in [0.2, 0.25) is 0 Å². The van der Waals surface area contributed by atoms with Gasteiger partial charge in [0.1, 0.15) is 11.5 Å². The Labute approximate surface area is 154 Å². The smallest absolute Gasteiger partial charge is 0.282 e. The highest BCUT2D eigenvalue weighted by Crippen LogP contribution is 2.31. The van der Waals surface area contributed by atoms with Crippen LogP contribution in [0.3, 0.4) is 0 Å². The minimum Gasteiger partial charge on any atom is -0.321 e. The van der Waals surface area contributed by atoms with Crippen molar-refractivity contribution in [1.82, 2.24) is 9.78 Å². The number of halogens is 3. The van der Waals surface area contributed by atoms with Crippen LogP contribution in [0.2, 0.25) is 0 Å². The standard InChI is InChI=1S/C20H18F3N3O/c1-11-4-5-13(8-12(11)2)15-7-6-14(21)9-17(15)24-20(27)16-10-26(3)25-18(16)19(22)23/h4-10,19H,1-3H3,(H,24,27). The molecule has 4 nitrogen and oxygen atoms in total. The van der Waals surface area contributed by atoms with Gasteiger partial charge in [-0.3, -0.25) is 9.48 Å². The van der Waals surface area contributed by atoms with Crippen molar-refractivity contribution in [1.29, 1.82) is 0 Å². The molecule has 140 valence electrons. The van der Waals surface area contributed by atoms with Crippen molar-refractivity contribution in [3.63, 3.8) is 0 Å². The molecule has 0 saturated heterocycles. The van der Waals surface area contributed by atoms with Gasteiger partial charge in [-0.25, -0.2) is 13.2 Å². The fourth-order valence-electron chi connectivity index (χ4n) is 2.81. The molecule has 27 heavy (non-hydrogen) atoms. The summed E-state index contributed by atoms with van der Waals surface area (Å²) in [6.07, 6.45) is -1.68. The van der Waals surface area contributed by atoms with Crippen LogP contribution < -0.4 is 5.32 Å². The van der Waals surface area contributed by atoms with E-state index in [4.69, 9.17) is 0 Å². The second-order valence-corrected chi connectivity index (χ2v) is 6.35. The lowest BCUT2D eigenvalue weighted by atomic mass is 9.99. The van der Waals surface area contributed by atoms with E-state index < -0.39 is 23.8 Å². The molecule has 3 aromatic rings. The summed E-state index contributed by atoms with van der Waals surface area (Å²) in [5, 5.41) is 6.17. The van der Waals surface area contributed by atoms with Crippen molar-refractivity contribution in [2.45, 2.75) is 20.3 Å². The molecule has 7 heteroatoms. The minimum absolute atomic E-state index is 0.201. The van der Waals surface area contributed by atoms with Crippen LogP contribution in [-0.2, 0) is 7.05 Å². The molecule has 1 heterocycles. The van der Waals surface area contributed by atoms with Crippen LogP contribution in [0.4, 0.5) is 18.9 Å². The Morgan fingerprint density at radius 3 is 2.52 bits per heavy atom. The Morgan fingerprint density at radius 1 is 1.11 bits per heavy atom. The third-order valence-electron chi connectivity index (χ3n) is 4.36. The summed E-state index contributed by atoms with van der Waals surface area (Å²) in [6, 6.07) is 9.71. The highest BCUT2D eigenvalue weighted by molar-refractivity contribution is 6.07. The average molecular weight is 373 g/mol. The van der Waals surface area contributed by atoms with E-state index in [1.807, 2.05) is 32.0 Å². The van der Waals surface area contributed by atoms with E-state index in [2.05, 4.69) is 10.4 Å². The molecule has 0 aliphatic heterocycles. The molecule has 0 bridgehead atoms. The summed E-state index contributed by atoms with van der Waals surface area (Å²) in [5.41, 5.74) is 2.86. The second kappa shape index (κ2) is 7.26. The van der Waals surface area contributed by atoms with E-state index in [0.29, 0.717) is 5.56 Å². The van der Waals surface area contributed by atoms with Crippen LogP contribution in [0.1, 0.15) is 33.6 Å². The first-order valence-electron chi connectivity index (χ1n) is 8.26. The van der Waals surface area contributed by atoms with Crippen molar-refractivity contribution in [3.8, 4) is 11.1 Å². The molecule has 1 aromatic heterocycles. The number of rotatable bonds is 4. The molecule has 1 N–H and O–H groups in total. The van der Waals surface area contributed by atoms with Crippen LogP contribution in [0, 0.1) is 19.7 Å². The van der Waals surface area contributed by atoms with Crippen LogP contribution in [0.15, 0.2) is 42.6 Å². The number of nitrogens with zero attached hydrogens (tertiary/aromatic N) is 2. The maximum absolute atomic E-state index is 13.8. The highest BCUT2D eigenvalue weighted by atomic mass is 19.3. The molecule has 0 saturated carbocycles. The van der Waals surface area contributed by atoms with Gasteiger partial charge in [-0.05, 0) is 48.7 Å². The zero-order chi connectivity index (χ0) is 19.7. The SMILES string of the molecule is Cc1ccc(-c2ccc(F)cc2NC(=O)c2cn(C)nc2C(F)F)cc1C. The van der Waals surface area contributed by atoms with E-state index in [-0.39, 0.29) is 11.3 Å². The summed E-state index contributed by atoms with van der Waals surface area (Å²) in [7, 11) is 1.45. The summed E-state index contributed by atoms with van der Waals surface area (Å²) in [5.74, 6) is -1.31. The van der Waals surface area contributed by atoms with E-state index in [1.54, 1.807) is 6.07 Å². The predicted octanol–water partition coefficient (Wildman–Crippen LogP) is 5.03. The van der Waals surface area contributed by atoms with E-state index in [0.717, 1.165) is 21.4 Å². The summed E-state index contributed by atoms with van der Waals surface area (Å²) in [6.45, 7) is 3.92. The molecule has 0 unspecified atom stereocenters. The van der Waals surface area contributed by atoms with Crippen molar-refractivity contribution in [2.75, 3.05) is 5.32 Å². The lowest BCUT2D eigenvalue weighted by Crippen LogP contribution is -2.14. The zero-order valence-electron chi connectivity index (χ0n) is 15.1. The number of anilines is 1. The third kappa shape index (κ3) is 3.86. The van der Waals surface area contributed by atoms with Gasteiger partial charge < -0.3 is 5.32 Å². The van der Waals surface area contributed by atoms with Crippen LogP contribution in [0.25, 0.3) is 11.1 Å². The average Bonchev–Trinajstić information content (AvgIpc) is 3.00. The molecule has 0 aliphatic rings. The Hall–Kier alpha value is -3.09. The number of aryl methyl sites for hydroxylation is 3. The van der Waals surface area contributed by atoms with Crippen molar-refractivity contribution in [3.05, 3.63) is 70.8 Å². The van der Waals surface area contributed by atoms with Gasteiger partial charge >= 0.3 is 0 Å². The number of amides is 1. The number of benzene rings is 2. The van der Waals surface area contributed by atoms with Crippen molar-refractivity contribution < 1.29 is 18.0 Å². The number of nitrogens with one attached hydrogen (secondary N) is 1. The number of hydrogen-bond donors (Lipinski definition) is 1. The molecule has 0 radical (unpaired) electrons. The van der Waals surface area contributed by atoms with Gasteiger partial charge in [0.15, 0.2) is 0 Å². The van der Waals surface area contributed by atoms with Gasteiger partial charge in [0, 0.05) is 18.8 Å². The molecule has 3 rings (SSSR count). The maximum atomic E-state index is 13.8. The maximum Gasteiger partial charge on any atom is 0.282 e. The van der Waals surface area contributed by atoms with E-state index >= 15 is 0 Å². The fourth-order valence-corrected chi connectivity index (χ4v) is 2.81. The first-order chi connectivity index (χ1) is 12.8. The third-order valence-corrected chi connectivity index (χ3v) is 4.36. The van der Waals surface area contributed by atoms with Gasteiger partial charge in [-0.1, -0.05) is 18.2 Å². The van der Waals surface area contributed by atoms with E-state index in [1.165, 1.54) is 25.4 Å². The number of carbonyl (C=O) groups is 1. The highest BCUT2D eigenvalue weighted by Gasteiger charge is 2.23. The first kappa shape index (κ1) is 18.7. The van der Waals surface area contributed by atoms with E-state index in [9.17, 15) is 18.0 Å². The lowest BCUT2D eigenvalue weighted by molar-refractivity contribution is 0.101. The van der Waals surface area contributed by atoms with Gasteiger partial charge in [-0.15, -0.1) is 0 Å². The van der Waals surface area contributed by atoms with Crippen LogP contribution in [0.5, 0.6) is 0 Å².